The van der Waals surface area contributed by atoms with Crippen molar-refractivity contribution in [3.63, 3.8) is 0 Å². The first-order valence-electron chi connectivity index (χ1n) is 10.1. The molecule has 0 aliphatic heterocycles. The predicted octanol–water partition coefficient (Wildman–Crippen LogP) is 5.47. The molecule has 1 N–H and O–H groups in total. The zero-order valence-electron chi connectivity index (χ0n) is 17.2. The summed E-state index contributed by atoms with van der Waals surface area (Å²) in [6, 6.07) is 23.6. The van der Waals surface area contributed by atoms with E-state index in [1.54, 1.807) is 23.7 Å². The first-order chi connectivity index (χ1) is 15.5. The van der Waals surface area contributed by atoms with Crippen LogP contribution in [-0.4, -0.2) is 9.49 Å². The van der Waals surface area contributed by atoms with E-state index >= 15 is 0 Å². The van der Waals surface area contributed by atoms with Gasteiger partial charge in [0.2, 0.25) is 5.88 Å². The van der Waals surface area contributed by atoms with Crippen LogP contribution < -0.4 is 10.9 Å². The summed E-state index contributed by atoms with van der Waals surface area (Å²) in [4.78, 5) is 24.3. The maximum atomic E-state index is 13.4. The van der Waals surface area contributed by atoms with Crippen molar-refractivity contribution in [3.05, 3.63) is 105 Å². The number of furan rings is 1. The fraction of sp³-hybridized carbons (Fsp3) is 0.0800. The van der Waals surface area contributed by atoms with Gasteiger partial charge in [-0.2, -0.15) is 0 Å². The van der Waals surface area contributed by atoms with Gasteiger partial charge in [-0.25, -0.2) is 0 Å². The van der Waals surface area contributed by atoms with E-state index in [9.17, 15) is 14.9 Å². The Bertz CT molecular complexity index is 1530. The number of pyridine rings is 1. The van der Waals surface area contributed by atoms with Crippen molar-refractivity contribution in [1.82, 2.24) is 4.57 Å². The lowest BCUT2D eigenvalue weighted by molar-refractivity contribution is -0.384. The number of benzene rings is 3. The lowest BCUT2D eigenvalue weighted by atomic mass is 10.0. The molecule has 0 saturated heterocycles. The molecule has 0 aliphatic rings. The third-order valence-electron chi connectivity index (χ3n) is 5.58. The van der Waals surface area contributed by atoms with Crippen molar-refractivity contribution in [2.24, 2.45) is 7.05 Å². The van der Waals surface area contributed by atoms with Gasteiger partial charge in [0.15, 0.2) is 5.58 Å². The number of para-hydroxylation sites is 1. The van der Waals surface area contributed by atoms with E-state index in [-0.39, 0.29) is 11.2 Å². The summed E-state index contributed by atoms with van der Waals surface area (Å²) in [6.07, 6.45) is 0. The topological polar surface area (TPSA) is 90.3 Å². The van der Waals surface area contributed by atoms with Gasteiger partial charge in [-0.3, -0.25) is 14.9 Å². The summed E-state index contributed by atoms with van der Waals surface area (Å²) < 4.78 is 7.81. The molecule has 2 heterocycles. The number of aryl methyl sites for hydroxylation is 1. The quantitative estimate of drug-likeness (QED) is 0.298. The number of nitrogens with one attached hydrogen (secondary N) is 1. The summed E-state index contributed by atoms with van der Waals surface area (Å²) in [7, 11) is 1.71. The molecule has 0 fully saturated rings. The van der Waals surface area contributed by atoms with Gasteiger partial charge in [0.25, 0.3) is 11.2 Å². The van der Waals surface area contributed by atoms with Crippen LogP contribution in [0.2, 0.25) is 0 Å². The number of nitro benzene ring substituents is 1. The molecule has 0 atom stereocenters. The van der Waals surface area contributed by atoms with Crippen molar-refractivity contribution in [3.8, 4) is 11.1 Å². The lowest BCUT2D eigenvalue weighted by Crippen LogP contribution is -2.17. The summed E-state index contributed by atoms with van der Waals surface area (Å²) in [5, 5.41) is 15.9. The van der Waals surface area contributed by atoms with E-state index in [0.29, 0.717) is 34.5 Å². The van der Waals surface area contributed by atoms with Crippen molar-refractivity contribution in [1.29, 1.82) is 0 Å². The van der Waals surface area contributed by atoms with E-state index < -0.39 is 4.92 Å². The van der Waals surface area contributed by atoms with Crippen LogP contribution in [0.3, 0.4) is 0 Å². The summed E-state index contributed by atoms with van der Waals surface area (Å²) in [5.74, 6) is 0.401. The van der Waals surface area contributed by atoms with Crippen LogP contribution in [0.15, 0.2) is 88.1 Å². The molecule has 0 spiro atoms. The van der Waals surface area contributed by atoms with Crippen molar-refractivity contribution in [2.45, 2.75) is 6.54 Å². The Morgan fingerprint density at radius 1 is 1.00 bits per heavy atom. The number of non-ortho nitro benzene ring substituents is 1. The monoisotopic (exact) mass is 425 g/mol. The average molecular weight is 425 g/mol. The number of rotatable bonds is 5. The van der Waals surface area contributed by atoms with Crippen molar-refractivity contribution in [2.75, 3.05) is 5.32 Å². The first kappa shape index (κ1) is 19.6. The molecule has 0 radical (unpaired) electrons. The van der Waals surface area contributed by atoms with Gasteiger partial charge in [0.05, 0.1) is 21.4 Å². The van der Waals surface area contributed by atoms with Crippen LogP contribution >= 0.6 is 0 Å². The Balaban J connectivity index is 1.79. The van der Waals surface area contributed by atoms with E-state index in [1.807, 2.05) is 54.6 Å². The molecule has 2 aromatic heterocycles. The van der Waals surface area contributed by atoms with Crippen LogP contribution in [0.25, 0.3) is 33.0 Å². The minimum atomic E-state index is -0.448. The summed E-state index contributed by atoms with van der Waals surface area (Å²) in [6.45, 7) is 0.473. The maximum Gasteiger partial charge on any atom is 0.270 e. The molecule has 5 aromatic rings. The highest BCUT2D eigenvalue weighted by atomic mass is 16.6. The second-order valence-corrected chi connectivity index (χ2v) is 7.54. The smallest absolute Gasteiger partial charge is 0.270 e. The van der Waals surface area contributed by atoms with E-state index in [2.05, 4.69) is 5.32 Å². The number of hydrogen-bond acceptors (Lipinski definition) is 5. The molecule has 3 aromatic carbocycles. The Kier molecular flexibility index (Phi) is 4.71. The number of nitro groups is 1. The van der Waals surface area contributed by atoms with Crippen molar-refractivity contribution >= 4 is 33.4 Å². The van der Waals surface area contributed by atoms with Crippen LogP contribution in [0, 0.1) is 10.1 Å². The molecule has 158 valence electrons. The molecule has 0 amide bonds. The van der Waals surface area contributed by atoms with Gasteiger partial charge < -0.3 is 14.3 Å². The van der Waals surface area contributed by atoms with E-state index in [4.69, 9.17) is 4.42 Å². The predicted molar refractivity (Wildman–Crippen MR) is 125 cm³/mol. The highest BCUT2D eigenvalue weighted by molar-refractivity contribution is 6.10. The molecule has 32 heavy (non-hydrogen) atoms. The summed E-state index contributed by atoms with van der Waals surface area (Å²) >= 11 is 0. The Labute approximate surface area is 182 Å². The molecule has 7 nitrogen and oxygen atoms in total. The summed E-state index contributed by atoms with van der Waals surface area (Å²) in [5.41, 5.74) is 3.03. The van der Waals surface area contributed by atoms with Crippen LogP contribution in [0.1, 0.15) is 5.56 Å². The molecule has 0 unspecified atom stereocenters. The van der Waals surface area contributed by atoms with Crippen LogP contribution in [0.4, 0.5) is 11.6 Å². The largest absolute Gasteiger partial charge is 0.439 e. The third-order valence-corrected chi connectivity index (χ3v) is 5.58. The average Bonchev–Trinajstić information content (AvgIpc) is 3.22. The minimum absolute atomic E-state index is 0.0523. The fourth-order valence-corrected chi connectivity index (χ4v) is 4.01. The number of anilines is 1. The third kappa shape index (κ3) is 3.20. The number of hydrogen-bond donors (Lipinski definition) is 1. The second kappa shape index (κ2) is 7.70. The van der Waals surface area contributed by atoms with Gasteiger partial charge in [0.1, 0.15) is 0 Å². The molecular weight excluding hydrogens is 406 g/mol. The molecule has 0 bridgehead atoms. The van der Waals surface area contributed by atoms with Crippen molar-refractivity contribution < 1.29 is 9.34 Å². The Morgan fingerprint density at radius 2 is 1.75 bits per heavy atom. The van der Waals surface area contributed by atoms with Gasteiger partial charge in [-0.1, -0.05) is 54.6 Å². The number of nitrogens with zero attached hydrogens (tertiary/aromatic N) is 2. The normalized spacial score (nSPS) is 11.2. The lowest BCUT2D eigenvalue weighted by Gasteiger charge is -2.07. The molecular formula is C25H19N3O4. The Morgan fingerprint density at radius 3 is 2.53 bits per heavy atom. The maximum absolute atomic E-state index is 13.4. The second-order valence-electron chi connectivity index (χ2n) is 7.54. The minimum Gasteiger partial charge on any atom is -0.439 e. The SMILES string of the molecule is Cn1c(=O)c2c(-c3cccc([N+](=O)[O-])c3)c(NCc3ccccc3)oc2c2ccccc21. The van der Waals surface area contributed by atoms with E-state index in [1.165, 1.54) is 12.1 Å². The first-order valence-corrected chi connectivity index (χ1v) is 10.1. The zero-order valence-corrected chi connectivity index (χ0v) is 17.2. The molecule has 0 aliphatic carbocycles. The highest BCUT2D eigenvalue weighted by Gasteiger charge is 2.23. The van der Waals surface area contributed by atoms with Gasteiger partial charge in [0, 0.05) is 31.1 Å². The van der Waals surface area contributed by atoms with Gasteiger partial charge in [-0.15, -0.1) is 0 Å². The van der Waals surface area contributed by atoms with Gasteiger partial charge in [-0.05, 0) is 23.3 Å². The van der Waals surface area contributed by atoms with Crippen LogP contribution in [0.5, 0.6) is 0 Å². The molecule has 5 rings (SSSR count). The van der Waals surface area contributed by atoms with E-state index in [0.717, 1.165) is 16.5 Å². The Hall–Kier alpha value is -4.39. The molecule has 7 heteroatoms. The van der Waals surface area contributed by atoms with Crippen LogP contribution in [-0.2, 0) is 13.6 Å². The highest BCUT2D eigenvalue weighted by Crippen LogP contribution is 2.40. The zero-order chi connectivity index (χ0) is 22.2. The standard InChI is InChI=1S/C25H19N3O4/c1-27-20-13-6-5-12-19(20)23-22(25(27)29)21(17-10-7-11-18(14-17)28(30)31)24(32-23)26-15-16-8-3-2-4-9-16/h2-14,26H,15H2,1H3. The van der Waals surface area contributed by atoms with Gasteiger partial charge >= 0.3 is 0 Å². The number of fused-ring (bicyclic) bond motifs is 3. The number of aromatic nitrogens is 1. The molecule has 0 saturated carbocycles. The fourth-order valence-electron chi connectivity index (χ4n) is 4.01.